The molecule has 1 aromatic carbocycles. The maximum absolute atomic E-state index is 11.2. The Morgan fingerprint density at radius 2 is 1.55 bits per heavy atom. The Morgan fingerprint density at radius 3 is 1.95 bits per heavy atom. The van der Waals surface area contributed by atoms with E-state index in [9.17, 15) is 18.0 Å². The maximum atomic E-state index is 11.2. The number of urea groups is 2. The fourth-order valence-electron chi connectivity index (χ4n) is 1.31. The van der Waals surface area contributed by atoms with Crippen molar-refractivity contribution >= 4 is 33.6 Å². The maximum Gasteiger partial charge on any atom is 0.333 e. The summed E-state index contributed by atoms with van der Waals surface area (Å²) >= 11 is 0. The Kier molecular flexibility index (Phi) is 4.14. The van der Waals surface area contributed by atoms with E-state index in [-0.39, 0.29) is 10.7 Å². The lowest BCUT2D eigenvalue weighted by atomic mass is 10.2. The second-order valence-corrected chi connectivity index (χ2v) is 4.93. The largest absolute Gasteiger partial charge is 0.350 e. The SMILES string of the molecule is NC(=O)N(N)c1ccc(S(=O)(=O)O)c(N(N)C(N)=O)c1. The summed E-state index contributed by atoms with van der Waals surface area (Å²) in [5, 5.41) is 0.744. The summed E-state index contributed by atoms with van der Waals surface area (Å²) in [6.07, 6.45) is 0. The molecule has 0 aliphatic carbocycles. The van der Waals surface area contributed by atoms with Crippen LogP contribution in [0.4, 0.5) is 21.0 Å². The number of primary amides is 2. The van der Waals surface area contributed by atoms with Crippen LogP contribution in [0.1, 0.15) is 0 Å². The van der Waals surface area contributed by atoms with Crippen molar-refractivity contribution in [2.24, 2.45) is 23.2 Å². The topological polar surface area (TPSA) is 199 Å². The Bertz CT molecular complexity index is 659. The van der Waals surface area contributed by atoms with E-state index < -0.39 is 32.8 Å². The molecule has 0 radical (unpaired) electrons. The molecule has 0 bridgehead atoms. The van der Waals surface area contributed by atoms with E-state index >= 15 is 0 Å². The number of carbonyl (C=O) groups excluding carboxylic acids is 2. The summed E-state index contributed by atoms with van der Waals surface area (Å²) in [7, 11) is -4.68. The smallest absolute Gasteiger partial charge is 0.333 e. The van der Waals surface area contributed by atoms with Gasteiger partial charge in [-0.05, 0) is 18.2 Å². The van der Waals surface area contributed by atoms with Gasteiger partial charge in [-0.3, -0.25) is 4.55 Å². The molecular formula is C8H12N6O5S. The third-order valence-corrected chi connectivity index (χ3v) is 3.13. The van der Waals surface area contributed by atoms with Crippen LogP contribution in [0.15, 0.2) is 23.1 Å². The number of nitrogens with two attached hydrogens (primary N) is 4. The number of hydrazine groups is 2. The molecule has 1 rings (SSSR count). The zero-order valence-corrected chi connectivity index (χ0v) is 10.7. The minimum absolute atomic E-state index is 0.0726. The Balaban J connectivity index is 3.52. The van der Waals surface area contributed by atoms with Crippen LogP contribution in [0.2, 0.25) is 0 Å². The van der Waals surface area contributed by atoms with E-state index in [1.165, 1.54) is 0 Å². The third-order valence-electron chi connectivity index (χ3n) is 2.23. The third kappa shape index (κ3) is 3.12. The molecule has 0 atom stereocenters. The van der Waals surface area contributed by atoms with Gasteiger partial charge in [-0.15, -0.1) is 0 Å². The molecule has 9 N–H and O–H groups in total. The predicted octanol–water partition coefficient (Wildman–Crippen LogP) is -1.55. The lowest BCUT2D eigenvalue weighted by Crippen LogP contribution is -2.43. The molecule has 0 fully saturated rings. The van der Waals surface area contributed by atoms with Gasteiger partial charge in [0, 0.05) is 0 Å². The predicted molar refractivity (Wildman–Crippen MR) is 68.8 cm³/mol. The first kappa shape index (κ1) is 15.6. The first-order valence-electron chi connectivity index (χ1n) is 4.85. The van der Waals surface area contributed by atoms with Crippen molar-refractivity contribution in [2.45, 2.75) is 4.90 Å². The molecule has 11 nitrogen and oxygen atoms in total. The second kappa shape index (κ2) is 5.30. The lowest BCUT2D eigenvalue weighted by molar-refractivity contribution is 0.253. The van der Waals surface area contributed by atoms with E-state index in [0.717, 1.165) is 18.2 Å². The van der Waals surface area contributed by atoms with Crippen molar-refractivity contribution in [3.8, 4) is 0 Å². The van der Waals surface area contributed by atoms with Crippen LogP contribution in [-0.4, -0.2) is 25.0 Å². The van der Waals surface area contributed by atoms with Gasteiger partial charge in [0.1, 0.15) is 4.90 Å². The molecule has 0 heterocycles. The highest BCUT2D eigenvalue weighted by Gasteiger charge is 2.23. The molecule has 12 heteroatoms. The van der Waals surface area contributed by atoms with Gasteiger partial charge in [0.15, 0.2) is 0 Å². The van der Waals surface area contributed by atoms with E-state index in [2.05, 4.69) is 0 Å². The summed E-state index contributed by atoms with van der Waals surface area (Å²) in [6, 6.07) is 0.657. The first-order chi connectivity index (χ1) is 9.05. The number of hydrogen-bond acceptors (Lipinski definition) is 6. The zero-order chi connectivity index (χ0) is 15.7. The van der Waals surface area contributed by atoms with Crippen molar-refractivity contribution in [1.82, 2.24) is 0 Å². The molecular weight excluding hydrogens is 292 g/mol. The molecule has 110 valence electrons. The number of amides is 4. The van der Waals surface area contributed by atoms with Crippen molar-refractivity contribution in [2.75, 3.05) is 10.0 Å². The van der Waals surface area contributed by atoms with E-state index in [1.807, 2.05) is 0 Å². The van der Waals surface area contributed by atoms with Gasteiger partial charge in [-0.25, -0.2) is 31.3 Å². The standard InChI is InChI=1S/C8H12N6O5S/c9-7(15)13(11)4-1-2-6(20(17,18)19)5(3-4)14(12)8(10)16/h1-3H,11-12H2,(H2,9,15)(H2,10,16)(H,17,18,19). The van der Waals surface area contributed by atoms with Crippen LogP contribution < -0.4 is 33.2 Å². The minimum Gasteiger partial charge on any atom is -0.350 e. The normalized spacial score (nSPS) is 10.9. The fourth-order valence-corrected chi connectivity index (χ4v) is 1.97. The summed E-state index contributed by atoms with van der Waals surface area (Å²) in [5.41, 5.74) is 9.30. The van der Waals surface area contributed by atoms with E-state index in [4.69, 9.17) is 27.7 Å². The van der Waals surface area contributed by atoms with Crippen LogP contribution in [0.5, 0.6) is 0 Å². The Morgan fingerprint density at radius 1 is 1.05 bits per heavy atom. The van der Waals surface area contributed by atoms with Gasteiger partial charge in [0.25, 0.3) is 10.1 Å². The summed E-state index contributed by atoms with van der Waals surface area (Å²) < 4.78 is 31.4. The lowest BCUT2D eigenvalue weighted by Gasteiger charge is -2.20. The van der Waals surface area contributed by atoms with Crippen LogP contribution in [0.3, 0.4) is 0 Å². The van der Waals surface area contributed by atoms with Crippen molar-refractivity contribution in [3.05, 3.63) is 18.2 Å². The van der Waals surface area contributed by atoms with E-state index in [0.29, 0.717) is 5.01 Å². The highest BCUT2D eigenvalue weighted by molar-refractivity contribution is 7.86. The second-order valence-electron chi connectivity index (χ2n) is 3.54. The molecule has 0 saturated heterocycles. The number of hydrogen-bond donors (Lipinski definition) is 5. The Labute approximate surface area is 113 Å². The quantitative estimate of drug-likeness (QED) is 0.192. The number of nitrogens with zero attached hydrogens (tertiary/aromatic N) is 2. The van der Waals surface area contributed by atoms with Gasteiger partial charge in [0.05, 0.1) is 11.4 Å². The van der Waals surface area contributed by atoms with Gasteiger partial charge >= 0.3 is 12.1 Å². The molecule has 0 aliphatic rings. The molecule has 4 amide bonds. The van der Waals surface area contributed by atoms with Crippen LogP contribution in [-0.2, 0) is 10.1 Å². The van der Waals surface area contributed by atoms with Crippen LogP contribution in [0.25, 0.3) is 0 Å². The fraction of sp³-hybridized carbons (Fsp3) is 0. The highest BCUT2D eigenvalue weighted by Crippen LogP contribution is 2.28. The number of benzene rings is 1. The highest BCUT2D eigenvalue weighted by atomic mass is 32.2. The molecule has 0 spiro atoms. The zero-order valence-electron chi connectivity index (χ0n) is 9.92. The van der Waals surface area contributed by atoms with Gasteiger partial charge in [-0.2, -0.15) is 8.42 Å². The average molecular weight is 304 g/mol. The molecule has 0 unspecified atom stereocenters. The van der Waals surface area contributed by atoms with E-state index in [1.54, 1.807) is 0 Å². The van der Waals surface area contributed by atoms with Gasteiger partial charge in [-0.1, -0.05) is 0 Å². The van der Waals surface area contributed by atoms with Crippen LogP contribution in [0, 0.1) is 0 Å². The van der Waals surface area contributed by atoms with Crippen molar-refractivity contribution in [1.29, 1.82) is 0 Å². The van der Waals surface area contributed by atoms with Crippen molar-refractivity contribution in [3.63, 3.8) is 0 Å². The molecule has 0 saturated carbocycles. The monoisotopic (exact) mass is 304 g/mol. The molecule has 0 aliphatic heterocycles. The van der Waals surface area contributed by atoms with Crippen LogP contribution >= 0.6 is 0 Å². The summed E-state index contributed by atoms with van der Waals surface area (Å²) in [6.45, 7) is 0. The van der Waals surface area contributed by atoms with Crippen molar-refractivity contribution < 1.29 is 22.6 Å². The molecule has 0 aromatic heterocycles. The molecule has 20 heavy (non-hydrogen) atoms. The molecule has 1 aromatic rings. The summed E-state index contributed by atoms with van der Waals surface area (Å²) in [5.74, 6) is 10.6. The van der Waals surface area contributed by atoms with Gasteiger partial charge < -0.3 is 11.5 Å². The summed E-state index contributed by atoms with van der Waals surface area (Å²) in [4.78, 5) is 21.2. The van der Waals surface area contributed by atoms with Gasteiger partial charge in [0.2, 0.25) is 0 Å². The minimum atomic E-state index is -4.68. The number of carbonyl (C=O) groups is 2. The Hall–Kier alpha value is -2.41. The number of rotatable bonds is 3. The number of anilines is 2. The average Bonchev–Trinajstić information content (AvgIpc) is 2.34. The first-order valence-corrected chi connectivity index (χ1v) is 6.29.